The number of hydrogen-bond donors (Lipinski definition) is 3. The predicted octanol–water partition coefficient (Wildman–Crippen LogP) is 4.07. The van der Waals surface area contributed by atoms with Gasteiger partial charge in [0.1, 0.15) is 11.3 Å². The number of ether oxygens (including phenoxy) is 1. The van der Waals surface area contributed by atoms with Crippen LogP contribution in [-0.2, 0) is 16.0 Å². The van der Waals surface area contributed by atoms with Crippen LogP contribution in [-0.4, -0.2) is 35.0 Å². The Morgan fingerprint density at radius 1 is 1.17 bits per heavy atom. The van der Waals surface area contributed by atoms with Crippen LogP contribution in [0.3, 0.4) is 0 Å². The number of halogens is 1. The summed E-state index contributed by atoms with van der Waals surface area (Å²) in [4.78, 5) is 39.8. The van der Waals surface area contributed by atoms with Gasteiger partial charge in [0.25, 0.3) is 5.91 Å². The lowest BCUT2D eigenvalue weighted by Gasteiger charge is -2.19. The first-order valence-corrected chi connectivity index (χ1v) is 10.1. The molecule has 0 radical (unpaired) electrons. The van der Waals surface area contributed by atoms with Crippen LogP contribution in [0, 0.1) is 0 Å². The Morgan fingerprint density at radius 3 is 2.55 bits per heavy atom. The number of aromatic nitrogens is 1. The quantitative estimate of drug-likeness (QED) is 0.629. The van der Waals surface area contributed by atoms with Gasteiger partial charge in [-0.15, -0.1) is 11.3 Å². The molecular weight excluding hydrogens is 416 g/mol. The molecule has 3 N–H and O–H groups in total. The Hall–Kier alpha value is -2.65. The van der Waals surface area contributed by atoms with Crippen LogP contribution >= 0.6 is 22.9 Å². The standard InChI is InChI=1S/C19H23ClN4O4S/c1-11(25)22-14-9-12(20)5-6-13(14)24-17(26)15-10-29-16(23-15)7-8-21-18(27)28-19(2,3)4/h5-6,9-10H,7-8H2,1-4H3,(H,21,27)(H,22,25)(H,24,26). The molecule has 2 aromatic rings. The topological polar surface area (TPSA) is 109 Å². The maximum atomic E-state index is 12.5. The molecule has 10 heteroatoms. The predicted molar refractivity (Wildman–Crippen MR) is 114 cm³/mol. The average Bonchev–Trinajstić information content (AvgIpc) is 3.04. The minimum Gasteiger partial charge on any atom is -0.444 e. The molecule has 1 heterocycles. The van der Waals surface area contributed by atoms with Gasteiger partial charge in [-0.05, 0) is 39.0 Å². The molecule has 0 saturated carbocycles. The summed E-state index contributed by atoms with van der Waals surface area (Å²) in [6.07, 6.45) is -0.0322. The van der Waals surface area contributed by atoms with Crippen molar-refractivity contribution in [3.63, 3.8) is 0 Å². The molecule has 1 aromatic heterocycles. The van der Waals surface area contributed by atoms with E-state index in [9.17, 15) is 14.4 Å². The summed E-state index contributed by atoms with van der Waals surface area (Å²) in [7, 11) is 0. The molecule has 0 unspecified atom stereocenters. The van der Waals surface area contributed by atoms with Crippen molar-refractivity contribution in [3.05, 3.63) is 39.3 Å². The Balaban J connectivity index is 1.94. The highest BCUT2D eigenvalue weighted by atomic mass is 35.5. The number of amides is 3. The molecular formula is C19H23ClN4O4S. The van der Waals surface area contributed by atoms with Crippen LogP contribution in [0.15, 0.2) is 23.6 Å². The van der Waals surface area contributed by atoms with Crippen LogP contribution in [0.5, 0.6) is 0 Å². The number of rotatable bonds is 6. The number of benzene rings is 1. The fraction of sp³-hybridized carbons (Fsp3) is 0.368. The second-order valence-electron chi connectivity index (χ2n) is 7.13. The third-order valence-electron chi connectivity index (χ3n) is 3.33. The van der Waals surface area contributed by atoms with Crippen LogP contribution in [0.2, 0.25) is 5.02 Å². The number of carbonyl (C=O) groups is 3. The third-order valence-corrected chi connectivity index (χ3v) is 4.48. The molecule has 0 aliphatic carbocycles. The molecule has 3 amide bonds. The van der Waals surface area contributed by atoms with Crippen LogP contribution < -0.4 is 16.0 Å². The molecule has 0 bridgehead atoms. The SMILES string of the molecule is CC(=O)Nc1cc(Cl)ccc1NC(=O)c1csc(CCNC(=O)OC(C)(C)C)n1. The fourth-order valence-electron chi connectivity index (χ4n) is 2.22. The lowest BCUT2D eigenvalue weighted by molar-refractivity contribution is -0.114. The first-order chi connectivity index (χ1) is 13.5. The summed E-state index contributed by atoms with van der Waals surface area (Å²) in [6, 6.07) is 4.76. The van der Waals surface area contributed by atoms with E-state index in [-0.39, 0.29) is 11.6 Å². The smallest absolute Gasteiger partial charge is 0.407 e. The van der Waals surface area contributed by atoms with Gasteiger partial charge in [-0.2, -0.15) is 0 Å². The van der Waals surface area contributed by atoms with E-state index in [0.717, 1.165) is 0 Å². The molecule has 0 atom stereocenters. The van der Waals surface area contributed by atoms with Crippen molar-refractivity contribution in [2.45, 2.75) is 39.7 Å². The van der Waals surface area contributed by atoms with Gasteiger partial charge in [-0.25, -0.2) is 9.78 Å². The molecule has 156 valence electrons. The van der Waals surface area contributed by atoms with Crippen molar-refractivity contribution in [1.82, 2.24) is 10.3 Å². The summed E-state index contributed by atoms with van der Waals surface area (Å²) < 4.78 is 5.16. The fourth-order valence-corrected chi connectivity index (χ4v) is 3.17. The largest absolute Gasteiger partial charge is 0.444 e. The van der Waals surface area contributed by atoms with Crippen molar-refractivity contribution in [3.8, 4) is 0 Å². The summed E-state index contributed by atoms with van der Waals surface area (Å²) in [5.74, 6) is -0.697. The summed E-state index contributed by atoms with van der Waals surface area (Å²) in [6.45, 7) is 7.07. The third kappa shape index (κ3) is 7.71. The van der Waals surface area contributed by atoms with Gasteiger partial charge < -0.3 is 20.7 Å². The lowest BCUT2D eigenvalue weighted by atomic mass is 10.2. The van der Waals surface area contributed by atoms with E-state index in [4.69, 9.17) is 16.3 Å². The van der Waals surface area contributed by atoms with Crippen LogP contribution in [0.1, 0.15) is 43.2 Å². The summed E-state index contributed by atoms with van der Waals surface area (Å²) in [5.41, 5.74) is 0.492. The maximum absolute atomic E-state index is 12.5. The average molecular weight is 439 g/mol. The van der Waals surface area contributed by atoms with Crippen molar-refractivity contribution < 1.29 is 19.1 Å². The Morgan fingerprint density at radius 2 is 1.90 bits per heavy atom. The molecule has 0 spiro atoms. The molecule has 1 aromatic carbocycles. The first kappa shape index (κ1) is 22.6. The van der Waals surface area contributed by atoms with E-state index in [1.807, 2.05) is 0 Å². The van der Waals surface area contributed by atoms with Gasteiger partial charge in [-0.1, -0.05) is 11.6 Å². The van der Waals surface area contributed by atoms with E-state index < -0.39 is 17.6 Å². The zero-order valence-electron chi connectivity index (χ0n) is 16.6. The molecule has 8 nitrogen and oxygen atoms in total. The van der Waals surface area contributed by atoms with Gasteiger partial charge in [0.2, 0.25) is 5.91 Å². The number of anilines is 2. The van der Waals surface area contributed by atoms with E-state index >= 15 is 0 Å². The van der Waals surface area contributed by atoms with Gasteiger partial charge in [-0.3, -0.25) is 9.59 Å². The number of carbonyl (C=O) groups excluding carboxylic acids is 3. The summed E-state index contributed by atoms with van der Waals surface area (Å²) >= 11 is 7.27. The molecule has 2 rings (SSSR count). The monoisotopic (exact) mass is 438 g/mol. The molecule has 0 aliphatic heterocycles. The zero-order valence-corrected chi connectivity index (χ0v) is 18.2. The highest BCUT2D eigenvalue weighted by Gasteiger charge is 2.17. The molecule has 0 saturated heterocycles. The lowest BCUT2D eigenvalue weighted by Crippen LogP contribution is -2.33. The zero-order chi connectivity index (χ0) is 21.6. The number of thiazole rings is 1. The molecule has 0 aliphatic rings. The molecule has 29 heavy (non-hydrogen) atoms. The Kier molecular flexibility index (Phi) is 7.58. The Labute approximate surface area is 178 Å². The second-order valence-corrected chi connectivity index (χ2v) is 8.51. The maximum Gasteiger partial charge on any atom is 0.407 e. The number of nitrogens with one attached hydrogen (secondary N) is 3. The van der Waals surface area contributed by atoms with Crippen molar-refractivity contribution >= 4 is 52.2 Å². The number of nitrogens with zero attached hydrogens (tertiary/aromatic N) is 1. The molecule has 0 fully saturated rings. The Bertz CT molecular complexity index is 908. The minimum atomic E-state index is -0.561. The number of alkyl carbamates (subject to hydrolysis) is 1. The van der Waals surface area contributed by atoms with Crippen LogP contribution in [0.25, 0.3) is 0 Å². The van der Waals surface area contributed by atoms with Crippen LogP contribution in [0.4, 0.5) is 16.2 Å². The first-order valence-electron chi connectivity index (χ1n) is 8.83. The van der Waals surface area contributed by atoms with Gasteiger partial charge in [0, 0.05) is 30.3 Å². The van der Waals surface area contributed by atoms with Crippen molar-refractivity contribution in [2.24, 2.45) is 0 Å². The van der Waals surface area contributed by atoms with Gasteiger partial charge >= 0.3 is 6.09 Å². The van der Waals surface area contributed by atoms with E-state index in [0.29, 0.717) is 34.4 Å². The van der Waals surface area contributed by atoms with Crippen molar-refractivity contribution in [2.75, 3.05) is 17.2 Å². The second kappa shape index (κ2) is 9.71. The highest BCUT2D eigenvalue weighted by Crippen LogP contribution is 2.26. The normalized spacial score (nSPS) is 10.9. The van der Waals surface area contributed by atoms with Gasteiger partial charge in [0.05, 0.1) is 16.4 Å². The van der Waals surface area contributed by atoms with E-state index in [1.165, 1.54) is 18.3 Å². The van der Waals surface area contributed by atoms with E-state index in [1.54, 1.807) is 44.4 Å². The minimum absolute atomic E-state index is 0.242. The van der Waals surface area contributed by atoms with Crippen molar-refractivity contribution in [1.29, 1.82) is 0 Å². The highest BCUT2D eigenvalue weighted by molar-refractivity contribution is 7.09. The van der Waals surface area contributed by atoms with E-state index in [2.05, 4.69) is 20.9 Å². The number of hydrogen-bond acceptors (Lipinski definition) is 6. The van der Waals surface area contributed by atoms with Gasteiger partial charge in [0.15, 0.2) is 0 Å². The summed E-state index contributed by atoms with van der Waals surface area (Å²) in [5, 5.41) is 10.7.